The molecule has 7 nitrogen and oxygen atoms in total. The third kappa shape index (κ3) is 2.69. The summed E-state index contributed by atoms with van der Waals surface area (Å²) in [5, 5.41) is 16.2. The molecule has 8 heteroatoms. The number of hydrogen-bond donors (Lipinski definition) is 2. The highest BCUT2D eigenvalue weighted by Gasteiger charge is 2.20. The number of Topliss-reactive ketones (excluding diaryl/α,β-unsaturated/α-hetero) is 1. The molecule has 0 radical (unpaired) electrons. The Morgan fingerprint density at radius 1 is 1.40 bits per heavy atom. The lowest BCUT2D eigenvalue weighted by Gasteiger charge is -2.01. The minimum atomic E-state index is -1.21. The standard InChI is InChI=1S/C12H13N3O4S/c1-5-8(7(3)19-15-5)4-13-12-14-9(11(17)18)10(20-12)6(2)16/h4H2,1-3H3,(H,13,14)(H,17,18). The van der Waals surface area contributed by atoms with Crippen molar-refractivity contribution in [2.45, 2.75) is 27.3 Å². The number of carbonyl (C=O) groups excluding carboxylic acids is 1. The number of hydrogen-bond acceptors (Lipinski definition) is 7. The number of ketones is 1. The number of nitrogens with zero attached hydrogens (tertiary/aromatic N) is 2. The maximum Gasteiger partial charge on any atom is 0.356 e. The summed E-state index contributed by atoms with van der Waals surface area (Å²) in [5.41, 5.74) is 1.43. The van der Waals surface area contributed by atoms with Crippen LogP contribution in [0, 0.1) is 13.8 Å². The lowest BCUT2D eigenvalue weighted by molar-refractivity contribution is 0.0687. The van der Waals surface area contributed by atoms with E-state index in [0.29, 0.717) is 17.4 Å². The molecule has 2 N–H and O–H groups in total. The summed E-state index contributed by atoms with van der Waals surface area (Å²) in [7, 11) is 0. The fourth-order valence-corrected chi connectivity index (χ4v) is 2.55. The average Bonchev–Trinajstić information content (AvgIpc) is 2.92. The number of aromatic carboxylic acids is 1. The van der Waals surface area contributed by atoms with Crippen LogP contribution in [0.3, 0.4) is 0 Å². The monoisotopic (exact) mass is 295 g/mol. The molecule has 0 saturated carbocycles. The maximum atomic E-state index is 11.4. The first-order valence-corrected chi connectivity index (χ1v) is 6.62. The van der Waals surface area contributed by atoms with Gasteiger partial charge in [0.15, 0.2) is 16.6 Å². The number of carboxylic acid groups (broad SMARTS) is 1. The fourth-order valence-electron chi connectivity index (χ4n) is 1.70. The van der Waals surface area contributed by atoms with Crippen molar-refractivity contribution in [2.75, 3.05) is 5.32 Å². The molecule has 20 heavy (non-hydrogen) atoms. The van der Waals surface area contributed by atoms with Gasteiger partial charge in [-0.25, -0.2) is 9.78 Å². The van der Waals surface area contributed by atoms with Gasteiger partial charge < -0.3 is 14.9 Å². The molecule has 0 spiro atoms. The Morgan fingerprint density at radius 2 is 2.10 bits per heavy atom. The molecule has 0 bridgehead atoms. The van der Waals surface area contributed by atoms with Gasteiger partial charge in [-0.05, 0) is 13.8 Å². The van der Waals surface area contributed by atoms with Gasteiger partial charge in [-0.1, -0.05) is 16.5 Å². The van der Waals surface area contributed by atoms with Gasteiger partial charge in [-0.15, -0.1) is 0 Å². The third-order valence-electron chi connectivity index (χ3n) is 2.75. The molecule has 2 rings (SSSR count). The SMILES string of the molecule is CC(=O)c1sc(NCc2c(C)noc2C)nc1C(=O)O. The van der Waals surface area contributed by atoms with Crippen molar-refractivity contribution >= 4 is 28.2 Å². The summed E-state index contributed by atoms with van der Waals surface area (Å²) >= 11 is 1.03. The van der Waals surface area contributed by atoms with Crippen LogP contribution in [-0.4, -0.2) is 27.0 Å². The quantitative estimate of drug-likeness (QED) is 0.815. The molecular weight excluding hydrogens is 282 g/mol. The van der Waals surface area contributed by atoms with E-state index in [1.54, 1.807) is 6.92 Å². The van der Waals surface area contributed by atoms with E-state index in [2.05, 4.69) is 15.5 Å². The maximum absolute atomic E-state index is 11.4. The van der Waals surface area contributed by atoms with Gasteiger partial charge in [-0.2, -0.15) is 0 Å². The number of aryl methyl sites for hydroxylation is 2. The summed E-state index contributed by atoms with van der Waals surface area (Å²) < 4.78 is 5.03. The first-order valence-electron chi connectivity index (χ1n) is 5.80. The number of anilines is 1. The second-order valence-corrected chi connectivity index (χ2v) is 5.21. The zero-order valence-electron chi connectivity index (χ0n) is 11.2. The molecule has 0 unspecified atom stereocenters. The lowest BCUT2D eigenvalue weighted by atomic mass is 10.2. The first-order chi connectivity index (χ1) is 9.40. The molecule has 0 aliphatic heterocycles. The van der Waals surface area contributed by atoms with Crippen LogP contribution >= 0.6 is 11.3 Å². The second kappa shape index (κ2) is 5.41. The molecule has 0 aromatic carbocycles. The molecule has 0 aliphatic rings. The van der Waals surface area contributed by atoms with Crippen molar-refractivity contribution in [3.8, 4) is 0 Å². The highest BCUT2D eigenvalue weighted by atomic mass is 32.1. The van der Waals surface area contributed by atoms with E-state index in [-0.39, 0.29) is 16.4 Å². The highest BCUT2D eigenvalue weighted by Crippen LogP contribution is 2.25. The number of nitrogens with one attached hydrogen (secondary N) is 1. The Hall–Kier alpha value is -2.22. The van der Waals surface area contributed by atoms with Crippen molar-refractivity contribution in [3.63, 3.8) is 0 Å². The van der Waals surface area contributed by atoms with Gasteiger partial charge >= 0.3 is 5.97 Å². The number of rotatable bonds is 5. The highest BCUT2D eigenvalue weighted by molar-refractivity contribution is 7.17. The van der Waals surface area contributed by atoms with Crippen molar-refractivity contribution < 1.29 is 19.2 Å². The fraction of sp³-hybridized carbons (Fsp3) is 0.333. The zero-order valence-corrected chi connectivity index (χ0v) is 12.0. The van der Waals surface area contributed by atoms with Crippen LogP contribution in [0.1, 0.15) is 44.1 Å². The molecule has 0 atom stereocenters. The molecule has 0 fully saturated rings. The van der Waals surface area contributed by atoms with Crippen molar-refractivity contribution in [1.29, 1.82) is 0 Å². The molecule has 2 aromatic heterocycles. The number of carbonyl (C=O) groups is 2. The summed E-state index contributed by atoms with van der Waals surface area (Å²) in [6.45, 7) is 5.34. The van der Waals surface area contributed by atoms with E-state index in [1.165, 1.54) is 6.92 Å². The number of thiazole rings is 1. The molecule has 2 heterocycles. The van der Waals surface area contributed by atoms with Gasteiger partial charge in [0.05, 0.1) is 5.69 Å². The van der Waals surface area contributed by atoms with Crippen LogP contribution in [0.15, 0.2) is 4.52 Å². The smallest absolute Gasteiger partial charge is 0.356 e. The Morgan fingerprint density at radius 3 is 2.55 bits per heavy atom. The summed E-state index contributed by atoms with van der Waals surface area (Å²) in [6.07, 6.45) is 0. The summed E-state index contributed by atoms with van der Waals surface area (Å²) in [6, 6.07) is 0. The summed E-state index contributed by atoms with van der Waals surface area (Å²) in [4.78, 5) is 26.5. The van der Waals surface area contributed by atoms with Gasteiger partial charge in [0, 0.05) is 19.0 Å². The van der Waals surface area contributed by atoms with Crippen LogP contribution in [0.2, 0.25) is 0 Å². The minimum Gasteiger partial charge on any atom is -0.476 e. The van der Waals surface area contributed by atoms with E-state index in [0.717, 1.165) is 22.6 Å². The normalized spacial score (nSPS) is 10.6. The number of aromatic nitrogens is 2. The van der Waals surface area contributed by atoms with E-state index in [4.69, 9.17) is 9.63 Å². The molecule has 2 aromatic rings. The second-order valence-electron chi connectivity index (χ2n) is 4.21. The number of carboxylic acids is 1. The molecule has 0 aliphatic carbocycles. The van der Waals surface area contributed by atoms with Crippen LogP contribution in [0.5, 0.6) is 0 Å². The molecular formula is C12H13N3O4S. The van der Waals surface area contributed by atoms with E-state index in [1.807, 2.05) is 6.92 Å². The molecule has 0 amide bonds. The molecule has 0 saturated heterocycles. The van der Waals surface area contributed by atoms with Crippen molar-refractivity contribution in [3.05, 3.63) is 27.6 Å². The summed E-state index contributed by atoms with van der Waals surface area (Å²) in [5.74, 6) is -0.834. The lowest BCUT2D eigenvalue weighted by Crippen LogP contribution is -2.04. The predicted octanol–water partition coefficient (Wildman–Crippen LogP) is 2.26. The predicted molar refractivity (Wildman–Crippen MR) is 72.4 cm³/mol. The minimum absolute atomic E-state index is 0.138. The Balaban J connectivity index is 2.20. The third-order valence-corrected chi connectivity index (χ3v) is 3.86. The largest absolute Gasteiger partial charge is 0.476 e. The van der Waals surface area contributed by atoms with Crippen LogP contribution in [0.25, 0.3) is 0 Å². The van der Waals surface area contributed by atoms with Crippen molar-refractivity contribution in [1.82, 2.24) is 10.1 Å². The first kappa shape index (κ1) is 14.2. The van der Waals surface area contributed by atoms with E-state index >= 15 is 0 Å². The van der Waals surface area contributed by atoms with E-state index in [9.17, 15) is 9.59 Å². The van der Waals surface area contributed by atoms with Gasteiger partial charge in [0.2, 0.25) is 0 Å². The van der Waals surface area contributed by atoms with Crippen LogP contribution in [-0.2, 0) is 6.54 Å². The zero-order chi connectivity index (χ0) is 14.9. The Labute approximate surface area is 118 Å². The van der Waals surface area contributed by atoms with Gasteiger partial charge in [0.25, 0.3) is 0 Å². The van der Waals surface area contributed by atoms with Crippen LogP contribution in [0.4, 0.5) is 5.13 Å². The Bertz CT molecular complexity index is 623. The average molecular weight is 295 g/mol. The van der Waals surface area contributed by atoms with Crippen molar-refractivity contribution in [2.24, 2.45) is 0 Å². The van der Waals surface area contributed by atoms with Gasteiger partial charge in [0.1, 0.15) is 10.6 Å². The van der Waals surface area contributed by atoms with Gasteiger partial charge in [-0.3, -0.25) is 4.79 Å². The van der Waals surface area contributed by atoms with E-state index < -0.39 is 5.97 Å². The molecule has 106 valence electrons. The van der Waals surface area contributed by atoms with Crippen LogP contribution < -0.4 is 5.32 Å². The topological polar surface area (TPSA) is 105 Å². The Kier molecular flexibility index (Phi) is 3.84.